The van der Waals surface area contributed by atoms with E-state index in [1.807, 2.05) is 45.0 Å². The first-order valence-corrected chi connectivity index (χ1v) is 10.8. The number of ketones is 1. The van der Waals surface area contributed by atoms with E-state index in [0.29, 0.717) is 6.54 Å². The van der Waals surface area contributed by atoms with Gasteiger partial charge in [-0.15, -0.1) is 11.3 Å². The molecule has 0 amide bonds. The molecular formula is C23H25ClN2O2S. The number of carbonyl (C=O) groups is 1. The second-order valence-corrected chi connectivity index (χ2v) is 9.15. The summed E-state index contributed by atoms with van der Waals surface area (Å²) in [7, 11) is 0. The van der Waals surface area contributed by atoms with Crippen LogP contribution >= 0.6 is 22.9 Å². The van der Waals surface area contributed by atoms with Crippen LogP contribution < -0.4 is 0 Å². The predicted molar refractivity (Wildman–Crippen MR) is 120 cm³/mol. The molecule has 0 N–H and O–H groups in total. The summed E-state index contributed by atoms with van der Waals surface area (Å²) in [5.74, 6) is 1.31. The van der Waals surface area contributed by atoms with Gasteiger partial charge in [0.1, 0.15) is 12.3 Å². The van der Waals surface area contributed by atoms with Gasteiger partial charge in [-0.3, -0.25) is 9.79 Å². The Morgan fingerprint density at radius 2 is 1.76 bits per heavy atom. The number of rotatable bonds is 2. The van der Waals surface area contributed by atoms with E-state index in [-0.39, 0.29) is 11.7 Å². The van der Waals surface area contributed by atoms with Crippen LogP contribution in [0, 0.1) is 26.7 Å². The lowest BCUT2D eigenvalue weighted by Gasteiger charge is -2.08. The Labute approximate surface area is 180 Å². The van der Waals surface area contributed by atoms with Gasteiger partial charge in [-0.05, 0) is 45.4 Å². The zero-order chi connectivity index (χ0) is 21.3. The summed E-state index contributed by atoms with van der Waals surface area (Å²) in [6.45, 7) is 12.2. The summed E-state index contributed by atoms with van der Waals surface area (Å²) in [5.41, 5.74) is 6.58. The minimum absolute atomic E-state index is 0.213. The normalized spacial score (nSPS) is 12.5. The quantitative estimate of drug-likeness (QED) is 0.464. The van der Waals surface area contributed by atoms with Crippen LogP contribution in [0.5, 0.6) is 0 Å². The number of hydrogen-bond acceptors (Lipinski definition) is 5. The standard InChI is InChI=1S/C18H15ClN2OS.C5H10O/c1-9-11(3)23-18-15(9)17(12-4-6-13(19)7-5-12)20-8-14-16(18)10(2)21-22-14;1-4(2)5(3)6/h4-7H,8H2,1-3H3;4H,1-3H3. The van der Waals surface area contributed by atoms with Crippen LogP contribution in [0.4, 0.5) is 0 Å². The molecule has 4 rings (SSSR count). The highest BCUT2D eigenvalue weighted by atomic mass is 35.5. The molecule has 0 bridgehead atoms. The van der Waals surface area contributed by atoms with Gasteiger partial charge in [0.05, 0.1) is 17.0 Å². The van der Waals surface area contributed by atoms with Crippen molar-refractivity contribution in [1.29, 1.82) is 0 Å². The summed E-state index contributed by atoms with van der Waals surface area (Å²) in [6, 6.07) is 7.86. The summed E-state index contributed by atoms with van der Waals surface area (Å²) >= 11 is 7.82. The molecule has 3 aromatic rings. The van der Waals surface area contributed by atoms with E-state index in [4.69, 9.17) is 21.1 Å². The van der Waals surface area contributed by atoms with Crippen molar-refractivity contribution in [2.45, 2.75) is 48.1 Å². The largest absolute Gasteiger partial charge is 0.358 e. The fourth-order valence-electron chi connectivity index (χ4n) is 2.98. The van der Waals surface area contributed by atoms with Crippen molar-refractivity contribution in [2.24, 2.45) is 10.9 Å². The average Bonchev–Trinajstić information content (AvgIpc) is 3.11. The second kappa shape index (κ2) is 8.64. The minimum Gasteiger partial charge on any atom is -0.358 e. The molecule has 3 heterocycles. The zero-order valence-electron chi connectivity index (χ0n) is 17.6. The predicted octanol–water partition coefficient (Wildman–Crippen LogP) is 6.56. The van der Waals surface area contributed by atoms with Crippen molar-refractivity contribution in [1.82, 2.24) is 5.16 Å². The van der Waals surface area contributed by atoms with E-state index in [1.165, 1.54) is 20.9 Å². The Kier molecular flexibility index (Phi) is 6.39. The van der Waals surface area contributed by atoms with E-state index in [2.05, 4.69) is 19.0 Å². The van der Waals surface area contributed by atoms with Crippen LogP contribution in [0.15, 0.2) is 33.8 Å². The third kappa shape index (κ3) is 4.36. The van der Waals surface area contributed by atoms with Crippen molar-refractivity contribution in [3.8, 4) is 10.4 Å². The average molecular weight is 429 g/mol. The molecule has 1 aromatic carbocycles. The smallest absolute Gasteiger partial charge is 0.167 e. The SMILES string of the molecule is CC(=O)C(C)C.Cc1noc2c1-c1sc(C)c(C)c1C(c1ccc(Cl)cc1)=NC2. The maximum Gasteiger partial charge on any atom is 0.167 e. The summed E-state index contributed by atoms with van der Waals surface area (Å²) in [6.07, 6.45) is 0. The van der Waals surface area contributed by atoms with Crippen LogP contribution in [0.1, 0.15) is 53.8 Å². The molecule has 0 unspecified atom stereocenters. The number of Topliss-reactive ketones (excluding diaryl/α,β-unsaturated/α-hetero) is 1. The molecule has 1 aliphatic rings. The van der Waals surface area contributed by atoms with Crippen LogP contribution in [0.2, 0.25) is 5.02 Å². The zero-order valence-corrected chi connectivity index (χ0v) is 19.2. The third-order valence-electron chi connectivity index (χ3n) is 5.09. The maximum absolute atomic E-state index is 10.1. The van der Waals surface area contributed by atoms with Gasteiger partial charge in [0.25, 0.3) is 0 Å². The number of thiophene rings is 1. The maximum atomic E-state index is 10.1. The fraction of sp³-hybridized carbons (Fsp3) is 0.348. The van der Waals surface area contributed by atoms with E-state index >= 15 is 0 Å². The van der Waals surface area contributed by atoms with Gasteiger partial charge < -0.3 is 4.52 Å². The number of carbonyl (C=O) groups excluding carboxylic acids is 1. The monoisotopic (exact) mass is 428 g/mol. The molecule has 0 atom stereocenters. The van der Waals surface area contributed by atoms with Gasteiger partial charge >= 0.3 is 0 Å². The summed E-state index contributed by atoms with van der Waals surface area (Å²) in [5, 5.41) is 4.86. The molecule has 0 spiro atoms. The van der Waals surface area contributed by atoms with Gasteiger partial charge in [-0.1, -0.05) is 42.7 Å². The van der Waals surface area contributed by atoms with Gasteiger partial charge in [-0.2, -0.15) is 0 Å². The number of halogens is 1. The highest BCUT2D eigenvalue weighted by Gasteiger charge is 2.28. The molecule has 1 aliphatic heterocycles. The van der Waals surface area contributed by atoms with Crippen molar-refractivity contribution < 1.29 is 9.32 Å². The van der Waals surface area contributed by atoms with E-state index in [0.717, 1.165) is 33.3 Å². The molecule has 2 aromatic heterocycles. The molecule has 0 radical (unpaired) electrons. The Morgan fingerprint density at radius 1 is 1.14 bits per heavy atom. The fourth-order valence-corrected chi connectivity index (χ4v) is 4.38. The lowest BCUT2D eigenvalue weighted by molar-refractivity contribution is -0.119. The number of aryl methyl sites for hydroxylation is 2. The highest BCUT2D eigenvalue weighted by Crippen LogP contribution is 2.42. The first kappa shape index (κ1) is 21.5. The van der Waals surface area contributed by atoms with Crippen molar-refractivity contribution in [3.05, 3.63) is 62.3 Å². The lowest BCUT2D eigenvalue weighted by Crippen LogP contribution is -2.05. The Balaban J connectivity index is 0.000000353. The number of aliphatic imine (C=N–C) groups is 1. The molecule has 4 nitrogen and oxygen atoms in total. The van der Waals surface area contributed by atoms with Crippen molar-refractivity contribution in [3.63, 3.8) is 0 Å². The molecule has 0 fully saturated rings. The Morgan fingerprint density at radius 3 is 2.34 bits per heavy atom. The third-order valence-corrected chi connectivity index (χ3v) is 6.57. The number of fused-ring (bicyclic) bond motifs is 3. The van der Waals surface area contributed by atoms with Crippen LogP contribution in [-0.4, -0.2) is 16.7 Å². The molecular weight excluding hydrogens is 404 g/mol. The number of benzene rings is 1. The first-order chi connectivity index (χ1) is 13.7. The Hall–Kier alpha value is -2.24. The molecule has 152 valence electrons. The number of nitrogens with zero attached hydrogens (tertiary/aromatic N) is 2. The Bertz CT molecular complexity index is 1080. The van der Waals surface area contributed by atoms with Crippen LogP contribution in [-0.2, 0) is 11.3 Å². The van der Waals surface area contributed by atoms with E-state index in [1.54, 1.807) is 18.3 Å². The number of hydrogen-bond donors (Lipinski definition) is 0. The van der Waals surface area contributed by atoms with Crippen LogP contribution in [0.3, 0.4) is 0 Å². The van der Waals surface area contributed by atoms with Crippen LogP contribution in [0.25, 0.3) is 10.4 Å². The van der Waals surface area contributed by atoms with Crippen molar-refractivity contribution in [2.75, 3.05) is 0 Å². The summed E-state index contributed by atoms with van der Waals surface area (Å²) in [4.78, 5) is 17.5. The van der Waals surface area contributed by atoms with E-state index in [9.17, 15) is 4.79 Å². The number of aromatic nitrogens is 1. The van der Waals surface area contributed by atoms with Gasteiger partial charge in [0.2, 0.25) is 0 Å². The van der Waals surface area contributed by atoms with Gasteiger partial charge in [-0.25, -0.2) is 0 Å². The van der Waals surface area contributed by atoms with Crippen molar-refractivity contribution >= 4 is 34.4 Å². The molecule has 0 aliphatic carbocycles. The minimum atomic E-state index is 0.213. The second-order valence-electron chi connectivity index (χ2n) is 7.49. The molecule has 6 heteroatoms. The summed E-state index contributed by atoms with van der Waals surface area (Å²) < 4.78 is 5.50. The topological polar surface area (TPSA) is 55.5 Å². The molecule has 29 heavy (non-hydrogen) atoms. The van der Waals surface area contributed by atoms with Gasteiger partial charge in [0.15, 0.2) is 5.76 Å². The lowest BCUT2D eigenvalue weighted by atomic mass is 9.96. The van der Waals surface area contributed by atoms with Gasteiger partial charge in [0, 0.05) is 31.8 Å². The molecule has 0 saturated carbocycles. The molecule has 0 saturated heterocycles. The highest BCUT2D eigenvalue weighted by molar-refractivity contribution is 7.16. The van der Waals surface area contributed by atoms with E-state index < -0.39 is 0 Å². The first-order valence-electron chi connectivity index (χ1n) is 9.57.